The quantitative estimate of drug-likeness (QED) is 0.844. The van der Waals surface area contributed by atoms with Gasteiger partial charge in [-0.3, -0.25) is 19.7 Å². The van der Waals surface area contributed by atoms with Gasteiger partial charge in [-0.1, -0.05) is 13.0 Å². The first kappa shape index (κ1) is 14.9. The van der Waals surface area contributed by atoms with Crippen LogP contribution in [-0.2, 0) is 13.1 Å². The summed E-state index contributed by atoms with van der Waals surface area (Å²) in [7, 11) is 0. The first-order valence-electron chi connectivity index (χ1n) is 7.40. The van der Waals surface area contributed by atoms with Gasteiger partial charge < -0.3 is 9.88 Å². The number of fused-ring (bicyclic) bond motifs is 1. The van der Waals surface area contributed by atoms with E-state index >= 15 is 0 Å². The number of nitrogens with zero attached hydrogens (tertiary/aromatic N) is 3. The summed E-state index contributed by atoms with van der Waals surface area (Å²) in [6, 6.07) is 3.89. The first-order chi connectivity index (χ1) is 10.7. The molecule has 2 N–H and O–H groups in total. The molecule has 0 fully saturated rings. The van der Waals surface area contributed by atoms with Gasteiger partial charge in [0.2, 0.25) is 0 Å². The van der Waals surface area contributed by atoms with E-state index in [1.807, 2.05) is 22.9 Å². The van der Waals surface area contributed by atoms with Crippen LogP contribution in [-0.4, -0.2) is 32.6 Å². The lowest BCUT2D eigenvalue weighted by molar-refractivity contribution is 0.272. The van der Waals surface area contributed by atoms with Crippen molar-refractivity contribution in [3.8, 4) is 0 Å². The molecule has 116 valence electrons. The molecule has 1 aliphatic heterocycles. The third-order valence-corrected chi connectivity index (χ3v) is 4.07. The minimum atomic E-state index is -0.101. The fourth-order valence-corrected chi connectivity index (χ4v) is 2.98. The van der Waals surface area contributed by atoms with Crippen LogP contribution in [0, 0.1) is 4.77 Å². The molecule has 0 radical (unpaired) electrons. The Morgan fingerprint density at radius 3 is 3.05 bits per heavy atom. The lowest BCUT2D eigenvalue weighted by atomic mass is 10.2. The highest BCUT2D eigenvalue weighted by Gasteiger charge is 2.21. The Balaban J connectivity index is 2.00. The van der Waals surface area contributed by atoms with E-state index in [2.05, 4.69) is 27.1 Å². The maximum Gasteiger partial charge on any atom is 0.258 e. The number of hydrogen-bond acceptors (Lipinski definition) is 5. The maximum absolute atomic E-state index is 12.2. The van der Waals surface area contributed by atoms with Gasteiger partial charge in [-0.05, 0) is 36.8 Å². The summed E-state index contributed by atoms with van der Waals surface area (Å²) in [5, 5.41) is 3.35. The van der Waals surface area contributed by atoms with Crippen LogP contribution in [0.5, 0.6) is 0 Å². The maximum atomic E-state index is 12.2. The van der Waals surface area contributed by atoms with Gasteiger partial charge in [0.1, 0.15) is 5.82 Å². The molecule has 1 aliphatic rings. The van der Waals surface area contributed by atoms with Gasteiger partial charge in [0.15, 0.2) is 4.77 Å². The minimum absolute atomic E-state index is 0.101. The highest BCUT2D eigenvalue weighted by molar-refractivity contribution is 7.71. The van der Waals surface area contributed by atoms with E-state index in [1.165, 1.54) is 0 Å². The molecule has 0 aliphatic carbocycles. The van der Waals surface area contributed by atoms with Crippen molar-refractivity contribution in [2.75, 3.05) is 18.5 Å². The van der Waals surface area contributed by atoms with Crippen molar-refractivity contribution in [3.63, 3.8) is 0 Å². The zero-order chi connectivity index (χ0) is 15.5. The summed E-state index contributed by atoms with van der Waals surface area (Å²) in [6.07, 6.45) is 4.61. The van der Waals surface area contributed by atoms with Crippen molar-refractivity contribution in [2.45, 2.75) is 26.4 Å². The smallest absolute Gasteiger partial charge is 0.258 e. The summed E-state index contributed by atoms with van der Waals surface area (Å²) >= 11 is 5.34. The summed E-state index contributed by atoms with van der Waals surface area (Å²) in [4.78, 5) is 21.4. The fraction of sp³-hybridized carbons (Fsp3) is 0.400. The van der Waals surface area contributed by atoms with Crippen molar-refractivity contribution < 1.29 is 0 Å². The van der Waals surface area contributed by atoms with Crippen LogP contribution < -0.4 is 10.9 Å². The Labute approximate surface area is 133 Å². The number of aromatic amines is 1. The fourth-order valence-electron chi connectivity index (χ4n) is 2.73. The van der Waals surface area contributed by atoms with E-state index < -0.39 is 0 Å². The lowest BCUT2D eigenvalue weighted by Gasteiger charge is -2.30. The molecule has 0 spiro atoms. The molecule has 0 amide bonds. The zero-order valence-corrected chi connectivity index (χ0v) is 13.3. The van der Waals surface area contributed by atoms with Crippen molar-refractivity contribution in [1.82, 2.24) is 19.4 Å². The Bertz CT molecular complexity index is 768. The van der Waals surface area contributed by atoms with Gasteiger partial charge in [0.25, 0.3) is 5.56 Å². The highest BCUT2D eigenvalue weighted by atomic mass is 32.1. The third kappa shape index (κ3) is 2.95. The summed E-state index contributed by atoms with van der Waals surface area (Å²) in [5.74, 6) is 0.824. The van der Waals surface area contributed by atoms with Crippen LogP contribution in [0.4, 0.5) is 5.82 Å². The highest BCUT2D eigenvalue weighted by Crippen LogP contribution is 2.20. The molecule has 3 heterocycles. The van der Waals surface area contributed by atoms with E-state index in [4.69, 9.17) is 12.2 Å². The SMILES string of the molecule is CCCN1CNc2c(c(=O)[nH]c(=S)n2Cc2cccnc2)C1. The molecule has 3 rings (SSSR count). The Kier molecular flexibility index (Phi) is 4.35. The number of nitrogens with one attached hydrogen (secondary N) is 2. The van der Waals surface area contributed by atoms with E-state index in [1.54, 1.807) is 6.20 Å². The topological polar surface area (TPSA) is 66.0 Å². The monoisotopic (exact) mass is 317 g/mol. The molecule has 22 heavy (non-hydrogen) atoms. The average molecular weight is 317 g/mol. The second kappa shape index (κ2) is 6.41. The normalized spacial score (nSPS) is 14.4. The van der Waals surface area contributed by atoms with Crippen LogP contribution in [0.2, 0.25) is 0 Å². The zero-order valence-electron chi connectivity index (χ0n) is 12.5. The van der Waals surface area contributed by atoms with Crippen molar-refractivity contribution >= 4 is 18.0 Å². The van der Waals surface area contributed by atoms with Crippen LogP contribution >= 0.6 is 12.2 Å². The number of hydrogen-bond donors (Lipinski definition) is 2. The van der Waals surface area contributed by atoms with E-state index in [0.717, 1.165) is 36.6 Å². The molecule has 0 bridgehead atoms. The van der Waals surface area contributed by atoms with Crippen LogP contribution in [0.3, 0.4) is 0 Å². The predicted molar refractivity (Wildman–Crippen MR) is 88.4 cm³/mol. The Hall–Kier alpha value is -1.99. The van der Waals surface area contributed by atoms with Gasteiger partial charge in [-0.2, -0.15) is 0 Å². The van der Waals surface area contributed by atoms with Crippen molar-refractivity contribution in [2.24, 2.45) is 0 Å². The van der Waals surface area contributed by atoms with Crippen LogP contribution in [0.1, 0.15) is 24.5 Å². The van der Waals surface area contributed by atoms with Gasteiger partial charge in [0, 0.05) is 18.9 Å². The molecule has 0 aromatic carbocycles. The Morgan fingerprint density at radius 1 is 1.45 bits per heavy atom. The second-order valence-electron chi connectivity index (χ2n) is 5.42. The van der Waals surface area contributed by atoms with Gasteiger partial charge in [-0.15, -0.1) is 0 Å². The van der Waals surface area contributed by atoms with Gasteiger partial charge in [-0.25, -0.2) is 0 Å². The number of rotatable bonds is 4. The second-order valence-corrected chi connectivity index (χ2v) is 5.81. The summed E-state index contributed by atoms with van der Waals surface area (Å²) in [5.41, 5.74) is 1.69. The van der Waals surface area contributed by atoms with Crippen molar-refractivity contribution in [1.29, 1.82) is 0 Å². The summed E-state index contributed by atoms with van der Waals surface area (Å²) in [6.45, 7) is 5.06. The predicted octanol–water partition coefficient (Wildman–Crippen LogP) is 1.94. The van der Waals surface area contributed by atoms with Gasteiger partial charge in [0.05, 0.1) is 18.8 Å². The average Bonchev–Trinajstić information content (AvgIpc) is 2.53. The number of anilines is 1. The van der Waals surface area contributed by atoms with Gasteiger partial charge >= 0.3 is 0 Å². The van der Waals surface area contributed by atoms with Crippen LogP contribution in [0.25, 0.3) is 0 Å². The summed E-state index contributed by atoms with van der Waals surface area (Å²) < 4.78 is 2.37. The van der Waals surface area contributed by atoms with E-state index in [-0.39, 0.29) is 5.56 Å². The number of pyridine rings is 1. The molecule has 2 aromatic rings. The number of aromatic nitrogens is 3. The standard InChI is InChI=1S/C15H19N5OS/c1-2-6-19-9-12-13(17-10-19)20(15(22)18-14(12)21)8-11-4-3-5-16-7-11/h3-5,7,17H,2,6,8-10H2,1H3,(H,18,21,22). The van der Waals surface area contributed by atoms with E-state index in [0.29, 0.717) is 17.9 Å². The first-order valence-corrected chi connectivity index (χ1v) is 7.81. The van der Waals surface area contributed by atoms with Crippen LogP contribution in [0.15, 0.2) is 29.3 Å². The lowest BCUT2D eigenvalue weighted by Crippen LogP contribution is -2.39. The Morgan fingerprint density at radius 2 is 2.32 bits per heavy atom. The minimum Gasteiger partial charge on any atom is -0.358 e. The molecule has 2 aromatic heterocycles. The third-order valence-electron chi connectivity index (χ3n) is 3.75. The van der Waals surface area contributed by atoms with Crippen molar-refractivity contribution in [3.05, 3.63) is 50.8 Å². The molecular formula is C15H19N5OS. The molecule has 0 saturated heterocycles. The molecule has 0 atom stereocenters. The largest absolute Gasteiger partial charge is 0.358 e. The molecule has 6 nitrogen and oxygen atoms in total. The van der Waals surface area contributed by atoms with E-state index in [9.17, 15) is 4.79 Å². The molecule has 7 heteroatoms. The molecule has 0 saturated carbocycles. The molecular weight excluding hydrogens is 298 g/mol. The molecule has 0 unspecified atom stereocenters. The number of H-pyrrole nitrogens is 1.